The smallest absolute Gasteiger partial charge is 0.276 e. The van der Waals surface area contributed by atoms with E-state index in [2.05, 4.69) is 29.1 Å². The van der Waals surface area contributed by atoms with Gasteiger partial charge in [0.05, 0.1) is 11.4 Å². The molecule has 0 unspecified atom stereocenters. The molecule has 0 amide bonds. The molecular formula is C16H15N3O. The zero-order chi connectivity index (χ0) is 13.7. The predicted octanol–water partition coefficient (Wildman–Crippen LogP) is 2.49. The third-order valence-corrected chi connectivity index (χ3v) is 3.96. The van der Waals surface area contributed by atoms with Crippen molar-refractivity contribution in [2.45, 2.75) is 26.2 Å². The molecule has 1 aliphatic rings. The molecule has 0 saturated carbocycles. The lowest BCUT2D eigenvalue weighted by Gasteiger charge is -1.99. The number of nitrogens with zero attached hydrogens (tertiary/aromatic N) is 2. The molecule has 4 rings (SSSR count). The topological polar surface area (TPSA) is 50.2 Å². The Hall–Kier alpha value is -2.36. The van der Waals surface area contributed by atoms with Crippen LogP contribution in [-0.2, 0) is 12.8 Å². The number of fused-ring (bicyclic) bond motifs is 2. The van der Waals surface area contributed by atoms with E-state index in [9.17, 15) is 4.79 Å². The molecule has 0 fully saturated rings. The third kappa shape index (κ3) is 1.61. The van der Waals surface area contributed by atoms with Crippen LogP contribution in [0.4, 0.5) is 0 Å². The van der Waals surface area contributed by atoms with Crippen molar-refractivity contribution in [2.24, 2.45) is 0 Å². The standard InChI is InChI=1S/C16H15N3O/c1-10-4-2-5-11(8-10)14-9-15-17-13-7-3-6-12(13)16(20)19(15)18-14/h2,4-5,8-9,18H,3,6-7H2,1H3. The highest BCUT2D eigenvalue weighted by molar-refractivity contribution is 5.64. The van der Waals surface area contributed by atoms with Gasteiger partial charge in [-0.3, -0.25) is 9.89 Å². The summed E-state index contributed by atoms with van der Waals surface area (Å²) in [5.41, 5.74) is 5.83. The maximum atomic E-state index is 12.4. The Morgan fingerprint density at radius 3 is 3.00 bits per heavy atom. The number of hydrogen-bond donors (Lipinski definition) is 1. The first-order valence-electron chi connectivity index (χ1n) is 6.93. The van der Waals surface area contributed by atoms with Crippen molar-refractivity contribution in [3.63, 3.8) is 0 Å². The number of aromatic nitrogens is 3. The lowest BCUT2D eigenvalue weighted by atomic mass is 10.1. The fourth-order valence-electron chi connectivity index (χ4n) is 2.96. The van der Waals surface area contributed by atoms with E-state index in [1.807, 2.05) is 18.2 Å². The Kier molecular flexibility index (Phi) is 2.33. The minimum atomic E-state index is 0.0569. The molecule has 100 valence electrons. The normalized spacial score (nSPS) is 13.8. The van der Waals surface area contributed by atoms with E-state index in [-0.39, 0.29) is 5.56 Å². The Morgan fingerprint density at radius 1 is 1.25 bits per heavy atom. The van der Waals surface area contributed by atoms with E-state index in [4.69, 9.17) is 0 Å². The summed E-state index contributed by atoms with van der Waals surface area (Å²) in [6.45, 7) is 2.06. The van der Waals surface area contributed by atoms with E-state index in [1.54, 1.807) is 4.52 Å². The van der Waals surface area contributed by atoms with Crippen LogP contribution in [0.3, 0.4) is 0 Å². The van der Waals surface area contributed by atoms with E-state index >= 15 is 0 Å². The van der Waals surface area contributed by atoms with E-state index < -0.39 is 0 Å². The fourth-order valence-corrected chi connectivity index (χ4v) is 2.96. The van der Waals surface area contributed by atoms with Crippen LogP contribution in [0.2, 0.25) is 0 Å². The van der Waals surface area contributed by atoms with Crippen molar-refractivity contribution >= 4 is 5.65 Å². The van der Waals surface area contributed by atoms with Crippen molar-refractivity contribution in [3.05, 3.63) is 57.5 Å². The molecule has 4 heteroatoms. The first kappa shape index (κ1) is 11.5. The van der Waals surface area contributed by atoms with Gasteiger partial charge >= 0.3 is 0 Å². The number of aromatic amines is 1. The van der Waals surface area contributed by atoms with Gasteiger partial charge in [-0.15, -0.1) is 0 Å². The Balaban J connectivity index is 1.96. The minimum Gasteiger partial charge on any atom is -0.289 e. The maximum Gasteiger partial charge on any atom is 0.276 e. The lowest BCUT2D eigenvalue weighted by molar-refractivity contribution is 0.873. The second kappa shape index (κ2) is 4.07. The lowest BCUT2D eigenvalue weighted by Crippen LogP contribution is -2.19. The molecule has 1 N–H and O–H groups in total. The zero-order valence-electron chi connectivity index (χ0n) is 11.3. The molecule has 0 aliphatic heterocycles. The van der Waals surface area contributed by atoms with Crippen LogP contribution in [0.15, 0.2) is 35.1 Å². The van der Waals surface area contributed by atoms with Crippen molar-refractivity contribution in [3.8, 4) is 11.3 Å². The van der Waals surface area contributed by atoms with Crippen LogP contribution in [0.5, 0.6) is 0 Å². The van der Waals surface area contributed by atoms with Gasteiger partial charge in [-0.2, -0.15) is 0 Å². The monoisotopic (exact) mass is 265 g/mol. The van der Waals surface area contributed by atoms with Crippen LogP contribution in [0.25, 0.3) is 16.9 Å². The Labute approximate surface area is 116 Å². The number of hydrogen-bond acceptors (Lipinski definition) is 2. The highest BCUT2D eigenvalue weighted by Crippen LogP contribution is 2.22. The fraction of sp³-hybridized carbons (Fsp3) is 0.250. The minimum absolute atomic E-state index is 0.0569. The summed E-state index contributed by atoms with van der Waals surface area (Å²) in [5.74, 6) is 0. The first-order chi connectivity index (χ1) is 9.72. The molecule has 0 radical (unpaired) electrons. The molecule has 2 heterocycles. The van der Waals surface area contributed by atoms with E-state index in [0.29, 0.717) is 5.65 Å². The summed E-state index contributed by atoms with van der Waals surface area (Å²) >= 11 is 0. The largest absolute Gasteiger partial charge is 0.289 e. The van der Waals surface area contributed by atoms with Crippen LogP contribution >= 0.6 is 0 Å². The van der Waals surface area contributed by atoms with Gasteiger partial charge in [0.1, 0.15) is 0 Å². The molecule has 0 saturated heterocycles. The molecule has 20 heavy (non-hydrogen) atoms. The van der Waals surface area contributed by atoms with Gasteiger partial charge in [-0.05, 0) is 37.8 Å². The average molecular weight is 265 g/mol. The maximum absolute atomic E-state index is 12.4. The average Bonchev–Trinajstić information content (AvgIpc) is 3.05. The van der Waals surface area contributed by atoms with Crippen molar-refractivity contribution in [1.82, 2.24) is 14.6 Å². The second-order valence-corrected chi connectivity index (χ2v) is 5.43. The van der Waals surface area contributed by atoms with Crippen molar-refractivity contribution < 1.29 is 0 Å². The number of aryl methyl sites for hydroxylation is 2. The zero-order valence-corrected chi connectivity index (χ0v) is 11.3. The van der Waals surface area contributed by atoms with E-state index in [1.165, 1.54) is 5.56 Å². The number of benzene rings is 1. The summed E-state index contributed by atoms with van der Waals surface area (Å²) in [7, 11) is 0. The molecule has 4 nitrogen and oxygen atoms in total. The predicted molar refractivity (Wildman–Crippen MR) is 78.0 cm³/mol. The van der Waals surface area contributed by atoms with Gasteiger partial charge in [-0.1, -0.05) is 23.8 Å². The van der Waals surface area contributed by atoms with Gasteiger partial charge in [-0.25, -0.2) is 9.50 Å². The van der Waals surface area contributed by atoms with Crippen LogP contribution in [0, 0.1) is 6.92 Å². The van der Waals surface area contributed by atoms with Gasteiger partial charge in [0.2, 0.25) is 0 Å². The molecule has 3 aromatic rings. The van der Waals surface area contributed by atoms with Crippen LogP contribution in [-0.4, -0.2) is 14.6 Å². The highest BCUT2D eigenvalue weighted by Gasteiger charge is 2.19. The molecule has 0 atom stereocenters. The van der Waals surface area contributed by atoms with Crippen LogP contribution < -0.4 is 5.56 Å². The summed E-state index contributed by atoms with van der Waals surface area (Å²) in [4.78, 5) is 17.0. The highest BCUT2D eigenvalue weighted by atomic mass is 16.1. The molecule has 0 bridgehead atoms. The SMILES string of the molecule is Cc1cccc(-c2cc3nc4c(c(=O)n3[nH]2)CCC4)c1. The molecule has 1 aliphatic carbocycles. The van der Waals surface area contributed by atoms with Crippen molar-refractivity contribution in [2.75, 3.05) is 0 Å². The number of nitrogens with one attached hydrogen (secondary N) is 1. The Morgan fingerprint density at radius 2 is 2.15 bits per heavy atom. The second-order valence-electron chi connectivity index (χ2n) is 5.43. The third-order valence-electron chi connectivity index (χ3n) is 3.96. The molecule has 2 aromatic heterocycles. The number of H-pyrrole nitrogens is 1. The summed E-state index contributed by atoms with van der Waals surface area (Å²) < 4.78 is 1.57. The molecular weight excluding hydrogens is 250 g/mol. The summed E-state index contributed by atoms with van der Waals surface area (Å²) in [6, 6.07) is 10.2. The van der Waals surface area contributed by atoms with Crippen molar-refractivity contribution in [1.29, 1.82) is 0 Å². The first-order valence-corrected chi connectivity index (χ1v) is 6.93. The van der Waals surface area contributed by atoms with E-state index in [0.717, 1.165) is 41.8 Å². The van der Waals surface area contributed by atoms with Gasteiger partial charge in [0, 0.05) is 11.6 Å². The number of rotatable bonds is 1. The Bertz CT molecular complexity index is 873. The van der Waals surface area contributed by atoms with Gasteiger partial charge in [0.25, 0.3) is 5.56 Å². The molecule has 1 aromatic carbocycles. The molecule has 0 spiro atoms. The quantitative estimate of drug-likeness (QED) is 0.735. The van der Waals surface area contributed by atoms with Gasteiger partial charge < -0.3 is 0 Å². The summed E-state index contributed by atoms with van der Waals surface area (Å²) in [5, 5.41) is 3.18. The summed E-state index contributed by atoms with van der Waals surface area (Å²) in [6.07, 6.45) is 2.81. The van der Waals surface area contributed by atoms with Crippen LogP contribution in [0.1, 0.15) is 23.2 Å². The van der Waals surface area contributed by atoms with Gasteiger partial charge in [0.15, 0.2) is 5.65 Å².